The first-order valence-corrected chi connectivity index (χ1v) is 7.72. The fraction of sp³-hybridized carbons (Fsp3) is 0.562. The molecule has 0 aliphatic heterocycles. The first-order chi connectivity index (χ1) is 10.5. The summed E-state index contributed by atoms with van der Waals surface area (Å²) in [7, 11) is 0. The van der Waals surface area contributed by atoms with Crippen molar-refractivity contribution in [2.45, 2.75) is 37.8 Å². The predicted octanol–water partition coefficient (Wildman–Crippen LogP) is 2.49. The van der Waals surface area contributed by atoms with Crippen LogP contribution in [0.25, 0.3) is 0 Å². The van der Waals surface area contributed by atoms with Gasteiger partial charge >= 0.3 is 6.03 Å². The standard InChI is InChI=1S/C16H20F2N2O2/c17-11-5-6-13(18)12(7-11)15(10-3-4-10)20-16(22)19-8-14(21)9-1-2-9/h5-7,9-10,14-15,21H,1-4,8H2,(H2,19,20,22)/t14-,15+/m1/s1. The molecule has 2 atom stereocenters. The summed E-state index contributed by atoms with van der Waals surface area (Å²) in [6.45, 7) is 0.180. The van der Waals surface area contributed by atoms with Gasteiger partial charge < -0.3 is 15.7 Å². The minimum absolute atomic E-state index is 0.135. The molecular weight excluding hydrogens is 290 g/mol. The van der Waals surface area contributed by atoms with Crippen LogP contribution in [-0.4, -0.2) is 23.8 Å². The van der Waals surface area contributed by atoms with Crippen molar-refractivity contribution < 1.29 is 18.7 Å². The highest BCUT2D eigenvalue weighted by atomic mass is 19.1. The Labute approximate surface area is 127 Å². The van der Waals surface area contributed by atoms with E-state index in [0.29, 0.717) is 0 Å². The summed E-state index contributed by atoms with van der Waals surface area (Å²) in [5, 5.41) is 15.1. The van der Waals surface area contributed by atoms with Crippen LogP contribution in [0, 0.1) is 23.5 Å². The normalized spacial score (nSPS) is 20.3. The first kappa shape index (κ1) is 15.2. The van der Waals surface area contributed by atoms with E-state index in [0.717, 1.165) is 43.9 Å². The molecule has 0 radical (unpaired) electrons. The predicted molar refractivity (Wildman–Crippen MR) is 77.1 cm³/mol. The second-order valence-electron chi connectivity index (χ2n) is 6.24. The van der Waals surface area contributed by atoms with Gasteiger partial charge in [0.25, 0.3) is 0 Å². The zero-order valence-corrected chi connectivity index (χ0v) is 12.2. The lowest BCUT2D eigenvalue weighted by Gasteiger charge is -2.20. The van der Waals surface area contributed by atoms with E-state index >= 15 is 0 Å². The number of nitrogens with one attached hydrogen (secondary N) is 2. The molecule has 22 heavy (non-hydrogen) atoms. The van der Waals surface area contributed by atoms with Gasteiger partial charge in [-0.1, -0.05) is 0 Å². The smallest absolute Gasteiger partial charge is 0.315 e. The lowest BCUT2D eigenvalue weighted by molar-refractivity contribution is 0.148. The molecule has 4 nitrogen and oxygen atoms in total. The van der Waals surface area contributed by atoms with Crippen molar-refractivity contribution in [1.82, 2.24) is 10.6 Å². The zero-order chi connectivity index (χ0) is 15.7. The Morgan fingerprint density at radius 3 is 2.55 bits per heavy atom. The average molecular weight is 310 g/mol. The van der Waals surface area contributed by atoms with Gasteiger partial charge in [-0.25, -0.2) is 13.6 Å². The van der Waals surface area contributed by atoms with E-state index in [-0.39, 0.29) is 23.9 Å². The Balaban J connectivity index is 1.61. The van der Waals surface area contributed by atoms with E-state index in [9.17, 15) is 18.7 Å². The third-order valence-electron chi connectivity index (χ3n) is 4.31. The summed E-state index contributed by atoms with van der Waals surface area (Å²) in [5.41, 5.74) is 0.181. The van der Waals surface area contributed by atoms with E-state index in [1.165, 1.54) is 0 Å². The van der Waals surface area contributed by atoms with Crippen LogP contribution in [0.1, 0.15) is 37.3 Å². The number of halogens is 2. The van der Waals surface area contributed by atoms with Gasteiger partial charge in [-0.2, -0.15) is 0 Å². The van der Waals surface area contributed by atoms with Crippen molar-refractivity contribution in [3.63, 3.8) is 0 Å². The van der Waals surface area contributed by atoms with Crippen LogP contribution in [0.5, 0.6) is 0 Å². The first-order valence-electron chi connectivity index (χ1n) is 7.72. The van der Waals surface area contributed by atoms with E-state index in [2.05, 4.69) is 10.6 Å². The monoisotopic (exact) mass is 310 g/mol. The van der Waals surface area contributed by atoms with Crippen molar-refractivity contribution in [3.05, 3.63) is 35.4 Å². The largest absolute Gasteiger partial charge is 0.391 e. The van der Waals surface area contributed by atoms with Gasteiger partial charge in [-0.3, -0.25) is 0 Å². The summed E-state index contributed by atoms with van der Waals surface area (Å²) in [5.74, 6) is -0.624. The molecule has 0 bridgehead atoms. The fourth-order valence-corrected chi connectivity index (χ4v) is 2.67. The fourth-order valence-electron chi connectivity index (χ4n) is 2.67. The summed E-state index contributed by atoms with van der Waals surface area (Å²) < 4.78 is 27.3. The molecule has 0 aromatic heterocycles. The van der Waals surface area contributed by atoms with Gasteiger partial charge in [-0.05, 0) is 55.7 Å². The minimum atomic E-state index is -0.534. The summed E-state index contributed by atoms with van der Waals surface area (Å²) in [4.78, 5) is 12.0. The van der Waals surface area contributed by atoms with Crippen LogP contribution in [0.3, 0.4) is 0 Å². The molecule has 0 heterocycles. The molecule has 1 aromatic rings. The molecule has 0 spiro atoms. The molecule has 2 aliphatic rings. The maximum atomic E-state index is 13.9. The van der Waals surface area contributed by atoms with Crippen molar-refractivity contribution in [2.24, 2.45) is 11.8 Å². The molecule has 2 aliphatic carbocycles. The lowest BCUT2D eigenvalue weighted by atomic mass is 10.0. The molecule has 6 heteroatoms. The Morgan fingerprint density at radius 2 is 1.91 bits per heavy atom. The van der Waals surface area contributed by atoms with Crippen molar-refractivity contribution in [2.75, 3.05) is 6.54 Å². The summed E-state index contributed by atoms with van der Waals surface area (Å²) in [6, 6.07) is 2.29. The number of amides is 2. The number of carbonyl (C=O) groups excluding carboxylic acids is 1. The van der Waals surface area contributed by atoms with Crippen LogP contribution in [0.2, 0.25) is 0 Å². The highest BCUT2D eigenvalue weighted by Gasteiger charge is 2.35. The third kappa shape index (κ3) is 3.74. The van der Waals surface area contributed by atoms with Gasteiger partial charge in [0, 0.05) is 12.1 Å². The Kier molecular flexibility index (Phi) is 4.29. The van der Waals surface area contributed by atoms with Gasteiger partial charge in [0.1, 0.15) is 11.6 Å². The molecule has 2 fully saturated rings. The van der Waals surface area contributed by atoms with Gasteiger partial charge in [0.05, 0.1) is 12.1 Å². The van der Waals surface area contributed by atoms with Gasteiger partial charge in [-0.15, -0.1) is 0 Å². The molecule has 120 valence electrons. The summed E-state index contributed by atoms with van der Waals surface area (Å²) >= 11 is 0. The number of hydrogen-bond donors (Lipinski definition) is 3. The minimum Gasteiger partial charge on any atom is -0.391 e. The number of aliphatic hydroxyl groups excluding tert-OH is 1. The van der Waals surface area contributed by atoms with Crippen LogP contribution in [0.15, 0.2) is 18.2 Å². The highest BCUT2D eigenvalue weighted by Crippen LogP contribution is 2.41. The molecule has 2 amide bonds. The quantitative estimate of drug-likeness (QED) is 0.756. The zero-order valence-electron chi connectivity index (χ0n) is 12.2. The van der Waals surface area contributed by atoms with Crippen molar-refractivity contribution in [3.8, 4) is 0 Å². The molecule has 0 unspecified atom stereocenters. The topological polar surface area (TPSA) is 61.4 Å². The second kappa shape index (κ2) is 6.20. The molecular formula is C16H20F2N2O2. The number of carbonyl (C=O) groups is 1. The Hall–Kier alpha value is -1.69. The van der Waals surface area contributed by atoms with Crippen LogP contribution >= 0.6 is 0 Å². The molecule has 3 rings (SSSR count). The van der Waals surface area contributed by atoms with E-state index in [4.69, 9.17) is 0 Å². The van der Waals surface area contributed by atoms with E-state index in [1.807, 2.05) is 0 Å². The number of urea groups is 1. The van der Waals surface area contributed by atoms with E-state index in [1.54, 1.807) is 0 Å². The Morgan fingerprint density at radius 1 is 1.23 bits per heavy atom. The number of aliphatic hydroxyl groups is 1. The summed E-state index contributed by atoms with van der Waals surface area (Å²) in [6.07, 6.45) is 3.21. The molecule has 2 saturated carbocycles. The second-order valence-corrected chi connectivity index (χ2v) is 6.24. The lowest BCUT2D eigenvalue weighted by Crippen LogP contribution is -2.42. The SMILES string of the molecule is O=C(NC[C@@H](O)C1CC1)N[C@H](c1cc(F)ccc1F)C1CC1. The number of hydrogen-bond acceptors (Lipinski definition) is 2. The van der Waals surface area contributed by atoms with Crippen molar-refractivity contribution >= 4 is 6.03 Å². The van der Waals surface area contributed by atoms with Crippen LogP contribution in [-0.2, 0) is 0 Å². The third-order valence-corrected chi connectivity index (χ3v) is 4.31. The maximum absolute atomic E-state index is 13.9. The molecule has 3 N–H and O–H groups in total. The number of rotatable bonds is 6. The average Bonchev–Trinajstić information content (AvgIpc) is 3.37. The highest BCUT2D eigenvalue weighted by molar-refractivity contribution is 5.74. The van der Waals surface area contributed by atoms with E-state index < -0.39 is 29.8 Å². The van der Waals surface area contributed by atoms with Crippen LogP contribution < -0.4 is 10.6 Å². The van der Waals surface area contributed by atoms with Crippen molar-refractivity contribution in [1.29, 1.82) is 0 Å². The van der Waals surface area contributed by atoms with Crippen LogP contribution in [0.4, 0.5) is 13.6 Å². The maximum Gasteiger partial charge on any atom is 0.315 e. The molecule has 0 saturated heterocycles. The number of benzene rings is 1. The van der Waals surface area contributed by atoms with Gasteiger partial charge in [0.2, 0.25) is 0 Å². The Bertz CT molecular complexity index is 559. The van der Waals surface area contributed by atoms with Gasteiger partial charge in [0.15, 0.2) is 0 Å². The molecule has 1 aromatic carbocycles.